The van der Waals surface area contributed by atoms with Gasteiger partial charge in [-0.2, -0.15) is 0 Å². The second kappa shape index (κ2) is 6.73. The molecule has 1 aromatic rings. The molecule has 0 saturated carbocycles. The fourth-order valence-corrected chi connectivity index (χ4v) is 1.35. The minimum atomic E-state index is -0.157. The molecule has 0 aliphatic carbocycles. The molecule has 1 heterocycles. The Morgan fingerprint density at radius 1 is 1.59 bits per heavy atom. The lowest BCUT2D eigenvalue weighted by Crippen LogP contribution is -2.09. The van der Waals surface area contributed by atoms with Crippen LogP contribution in [-0.4, -0.2) is 24.1 Å². The molecular formula is C12H19N3O2. The number of aromatic nitrogens is 1. The highest BCUT2D eigenvalue weighted by Gasteiger charge is 2.01. The van der Waals surface area contributed by atoms with E-state index in [1.165, 1.54) is 0 Å². The molecule has 0 amide bonds. The van der Waals surface area contributed by atoms with E-state index in [9.17, 15) is 4.79 Å². The molecule has 0 aromatic carbocycles. The van der Waals surface area contributed by atoms with Crippen LogP contribution in [0, 0.1) is 6.92 Å². The van der Waals surface area contributed by atoms with Crippen LogP contribution in [0.3, 0.4) is 0 Å². The maximum atomic E-state index is 11.1. The van der Waals surface area contributed by atoms with Crippen molar-refractivity contribution in [3.05, 3.63) is 17.8 Å². The van der Waals surface area contributed by atoms with E-state index in [0.29, 0.717) is 25.3 Å². The van der Waals surface area contributed by atoms with Crippen molar-refractivity contribution in [2.45, 2.75) is 26.7 Å². The Labute approximate surface area is 101 Å². The molecule has 0 atom stereocenters. The molecule has 0 bridgehead atoms. The number of nitrogens with zero attached hydrogens (tertiary/aromatic N) is 1. The third kappa shape index (κ3) is 4.72. The Morgan fingerprint density at radius 3 is 3.00 bits per heavy atom. The number of carbonyl (C=O) groups excluding carboxylic acids is 1. The second-order valence-electron chi connectivity index (χ2n) is 3.76. The normalized spacial score (nSPS) is 10.0. The molecule has 5 nitrogen and oxygen atoms in total. The fourth-order valence-electron chi connectivity index (χ4n) is 1.35. The smallest absolute Gasteiger partial charge is 0.305 e. The number of rotatable bonds is 6. The van der Waals surface area contributed by atoms with Crippen molar-refractivity contribution in [2.75, 3.05) is 24.2 Å². The Balaban J connectivity index is 2.26. The van der Waals surface area contributed by atoms with Crippen molar-refractivity contribution in [3.63, 3.8) is 0 Å². The molecule has 1 rings (SSSR count). The van der Waals surface area contributed by atoms with Gasteiger partial charge in [0.15, 0.2) is 0 Å². The SMILES string of the molecule is CCOC(=O)CCCNc1cc(C)c(N)cn1. The van der Waals surface area contributed by atoms with Crippen LogP contribution in [0.1, 0.15) is 25.3 Å². The number of aryl methyl sites for hydroxylation is 1. The maximum Gasteiger partial charge on any atom is 0.305 e. The second-order valence-corrected chi connectivity index (χ2v) is 3.76. The van der Waals surface area contributed by atoms with Crippen molar-refractivity contribution in [2.24, 2.45) is 0 Å². The molecule has 94 valence electrons. The summed E-state index contributed by atoms with van der Waals surface area (Å²) in [5.41, 5.74) is 7.34. The Bertz CT molecular complexity index is 380. The van der Waals surface area contributed by atoms with Crippen LogP contribution in [0.2, 0.25) is 0 Å². The highest BCUT2D eigenvalue weighted by Crippen LogP contribution is 2.12. The van der Waals surface area contributed by atoms with E-state index < -0.39 is 0 Å². The number of nitrogens with one attached hydrogen (secondary N) is 1. The summed E-state index contributed by atoms with van der Waals surface area (Å²) in [5.74, 6) is 0.622. The van der Waals surface area contributed by atoms with Crippen molar-refractivity contribution in [1.82, 2.24) is 4.98 Å². The molecule has 0 saturated heterocycles. The summed E-state index contributed by atoms with van der Waals surface area (Å²) in [4.78, 5) is 15.2. The molecule has 17 heavy (non-hydrogen) atoms. The van der Waals surface area contributed by atoms with Gasteiger partial charge < -0.3 is 15.8 Å². The quantitative estimate of drug-likeness (QED) is 0.582. The average molecular weight is 237 g/mol. The van der Waals surface area contributed by atoms with Crippen LogP contribution in [0.4, 0.5) is 11.5 Å². The highest BCUT2D eigenvalue weighted by molar-refractivity contribution is 5.69. The largest absolute Gasteiger partial charge is 0.466 e. The van der Waals surface area contributed by atoms with Crippen LogP contribution in [0.15, 0.2) is 12.3 Å². The minimum Gasteiger partial charge on any atom is -0.466 e. The van der Waals surface area contributed by atoms with E-state index in [0.717, 1.165) is 17.8 Å². The number of esters is 1. The van der Waals surface area contributed by atoms with Crippen molar-refractivity contribution >= 4 is 17.5 Å². The monoisotopic (exact) mass is 237 g/mol. The van der Waals surface area contributed by atoms with E-state index in [2.05, 4.69) is 10.3 Å². The molecule has 3 N–H and O–H groups in total. The van der Waals surface area contributed by atoms with Crippen LogP contribution >= 0.6 is 0 Å². The summed E-state index contributed by atoms with van der Waals surface area (Å²) in [5, 5.41) is 3.14. The number of ether oxygens (including phenoxy) is 1. The molecule has 0 aliphatic rings. The zero-order valence-corrected chi connectivity index (χ0v) is 10.3. The summed E-state index contributed by atoms with van der Waals surface area (Å²) in [6.07, 6.45) is 2.78. The van der Waals surface area contributed by atoms with Gasteiger partial charge in [-0.25, -0.2) is 4.98 Å². The third-order valence-corrected chi connectivity index (χ3v) is 2.32. The zero-order valence-electron chi connectivity index (χ0n) is 10.3. The van der Waals surface area contributed by atoms with Crippen LogP contribution in [0.5, 0.6) is 0 Å². The molecule has 5 heteroatoms. The first-order valence-corrected chi connectivity index (χ1v) is 5.75. The fraction of sp³-hybridized carbons (Fsp3) is 0.500. The Kier molecular flexibility index (Phi) is 5.26. The number of hydrogen-bond donors (Lipinski definition) is 2. The lowest BCUT2D eigenvalue weighted by atomic mass is 10.2. The van der Waals surface area contributed by atoms with Gasteiger partial charge in [0.05, 0.1) is 18.5 Å². The number of nitrogens with two attached hydrogens (primary N) is 1. The number of anilines is 2. The number of nitrogen functional groups attached to an aromatic ring is 1. The van der Waals surface area contributed by atoms with Gasteiger partial charge in [-0.15, -0.1) is 0 Å². The zero-order chi connectivity index (χ0) is 12.7. The number of hydrogen-bond acceptors (Lipinski definition) is 5. The van der Waals surface area contributed by atoms with Gasteiger partial charge in [0.25, 0.3) is 0 Å². The first-order chi connectivity index (χ1) is 8.13. The molecule has 0 unspecified atom stereocenters. The van der Waals surface area contributed by atoms with Gasteiger partial charge >= 0.3 is 5.97 Å². The van der Waals surface area contributed by atoms with Gasteiger partial charge in [-0.1, -0.05) is 0 Å². The van der Waals surface area contributed by atoms with Crippen molar-refractivity contribution in [3.8, 4) is 0 Å². The van der Waals surface area contributed by atoms with E-state index in [1.807, 2.05) is 13.0 Å². The summed E-state index contributed by atoms with van der Waals surface area (Å²) in [6.45, 7) is 4.86. The van der Waals surface area contributed by atoms with E-state index in [1.54, 1.807) is 13.1 Å². The summed E-state index contributed by atoms with van der Waals surface area (Å²) in [6, 6.07) is 1.89. The third-order valence-electron chi connectivity index (χ3n) is 2.32. The lowest BCUT2D eigenvalue weighted by molar-refractivity contribution is -0.143. The van der Waals surface area contributed by atoms with Gasteiger partial charge in [-0.05, 0) is 31.9 Å². The highest BCUT2D eigenvalue weighted by atomic mass is 16.5. The molecule has 1 aromatic heterocycles. The molecule has 0 radical (unpaired) electrons. The van der Waals surface area contributed by atoms with E-state index >= 15 is 0 Å². The van der Waals surface area contributed by atoms with Crippen LogP contribution in [0.25, 0.3) is 0 Å². The average Bonchev–Trinajstić information content (AvgIpc) is 2.29. The van der Waals surface area contributed by atoms with Crippen LogP contribution in [-0.2, 0) is 9.53 Å². The van der Waals surface area contributed by atoms with E-state index in [-0.39, 0.29) is 5.97 Å². The van der Waals surface area contributed by atoms with Crippen LogP contribution < -0.4 is 11.1 Å². The minimum absolute atomic E-state index is 0.157. The Morgan fingerprint density at radius 2 is 2.35 bits per heavy atom. The molecule has 0 fully saturated rings. The lowest BCUT2D eigenvalue weighted by Gasteiger charge is -2.07. The number of pyridine rings is 1. The topological polar surface area (TPSA) is 77.2 Å². The van der Waals surface area contributed by atoms with Gasteiger partial charge in [0.2, 0.25) is 0 Å². The standard InChI is InChI=1S/C12H19N3O2/c1-3-17-12(16)5-4-6-14-11-7-9(2)10(13)8-15-11/h7-8H,3-6,13H2,1-2H3,(H,14,15). The molecule has 0 spiro atoms. The molecular weight excluding hydrogens is 218 g/mol. The summed E-state index contributed by atoms with van der Waals surface area (Å²) in [7, 11) is 0. The van der Waals surface area contributed by atoms with Gasteiger partial charge in [-0.3, -0.25) is 4.79 Å². The van der Waals surface area contributed by atoms with Gasteiger partial charge in [0, 0.05) is 13.0 Å². The molecule has 0 aliphatic heterocycles. The maximum absolute atomic E-state index is 11.1. The first-order valence-electron chi connectivity index (χ1n) is 5.75. The predicted molar refractivity (Wildman–Crippen MR) is 67.7 cm³/mol. The Hall–Kier alpha value is -1.78. The summed E-state index contributed by atoms with van der Waals surface area (Å²) >= 11 is 0. The van der Waals surface area contributed by atoms with Gasteiger partial charge in [0.1, 0.15) is 5.82 Å². The van der Waals surface area contributed by atoms with E-state index in [4.69, 9.17) is 10.5 Å². The van der Waals surface area contributed by atoms with Crippen molar-refractivity contribution in [1.29, 1.82) is 0 Å². The summed E-state index contributed by atoms with van der Waals surface area (Å²) < 4.78 is 4.83. The predicted octanol–water partition coefficient (Wildman–Crippen LogP) is 1.73. The van der Waals surface area contributed by atoms with Crippen molar-refractivity contribution < 1.29 is 9.53 Å². The first kappa shape index (κ1) is 13.3. The number of carbonyl (C=O) groups is 1.